The van der Waals surface area contributed by atoms with Crippen LogP contribution in [0, 0.1) is 0 Å². The predicted molar refractivity (Wildman–Crippen MR) is 307 cm³/mol. The molecule has 0 aromatic rings. The summed E-state index contributed by atoms with van der Waals surface area (Å²) in [6.45, 7) is 6.65. The molecule has 416 valence electrons. The molecule has 0 heterocycles. The molecule has 0 aliphatic rings. The first-order chi connectivity index (χ1) is 35.0. The van der Waals surface area contributed by atoms with E-state index in [0.717, 1.165) is 70.6 Å². The van der Waals surface area contributed by atoms with Gasteiger partial charge in [-0.3, -0.25) is 14.4 Å². The van der Waals surface area contributed by atoms with E-state index in [0.29, 0.717) is 19.3 Å². The lowest BCUT2D eigenvalue weighted by Gasteiger charge is -2.18. The number of hydrogen-bond donors (Lipinski definition) is 0. The van der Waals surface area contributed by atoms with Crippen molar-refractivity contribution in [3.63, 3.8) is 0 Å². The summed E-state index contributed by atoms with van der Waals surface area (Å²) in [5.41, 5.74) is 0. The Morgan fingerprint density at radius 2 is 0.507 bits per heavy atom. The van der Waals surface area contributed by atoms with Crippen molar-refractivity contribution in [3.05, 3.63) is 36.5 Å². The molecule has 0 radical (unpaired) electrons. The Bertz CT molecular complexity index is 1190. The van der Waals surface area contributed by atoms with Crippen LogP contribution in [0.5, 0.6) is 0 Å². The van der Waals surface area contributed by atoms with Crippen LogP contribution in [0.15, 0.2) is 36.5 Å². The van der Waals surface area contributed by atoms with Gasteiger partial charge in [0.25, 0.3) is 0 Å². The summed E-state index contributed by atoms with van der Waals surface area (Å²) in [6.07, 6.45) is 73.0. The Kier molecular flexibility index (Phi) is 58.2. The van der Waals surface area contributed by atoms with Gasteiger partial charge < -0.3 is 14.2 Å². The molecule has 6 nitrogen and oxygen atoms in total. The number of carbonyl (C=O) groups is 3. The number of allylic oxidation sites excluding steroid dienone is 6. The molecule has 0 aliphatic heterocycles. The van der Waals surface area contributed by atoms with E-state index < -0.39 is 6.10 Å². The lowest BCUT2D eigenvalue weighted by Crippen LogP contribution is -2.30. The number of esters is 3. The molecule has 0 amide bonds. The fraction of sp³-hybridized carbons (Fsp3) is 0.862. The molecule has 0 saturated heterocycles. The van der Waals surface area contributed by atoms with E-state index in [1.807, 2.05) is 0 Å². The van der Waals surface area contributed by atoms with Gasteiger partial charge in [-0.15, -0.1) is 0 Å². The fourth-order valence-corrected chi connectivity index (χ4v) is 9.35. The van der Waals surface area contributed by atoms with E-state index in [-0.39, 0.29) is 31.1 Å². The van der Waals surface area contributed by atoms with E-state index in [9.17, 15) is 14.4 Å². The van der Waals surface area contributed by atoms with Gasteiger partial charge >= 0.3 is 17.9 Å². The number of rotatable bonds is 58. The molecule has 71 heavy (non-hydrogen) atoms. The molecule has 0 aromatic carbocycles. The first-order valence-corrected chi connectivity index (χ1v) is 31.5. The van der Waals surface area contributed by atoms with Gasteiger partial charge in [-0.25, -0.2) is 0 Å². The van der Waals surface area contributed by atoms with Crippen molar-refractivity contribution >= 4 is 17.9 Å². The molecule has 0 rings (SSSR count). The maximum absolute atomic E-state index is 12.9. The normalized spacial score (nSPS) is 12.2. The van der Waals surface area contributed by atoms with Gasteiger partial charge in [-0.1, -0.05) is 282 Å². The standard InChI is InChI=1S/C65H120O6/c1-4-7-10-13-16-19-22-24-26-28-30-31-32-33-34-35-36-38-39-41-43-46-49-52-55-58-64(67)70-61-62(60-69-63(66)57-54-51-48-45-21-18-15-12-9-6-3)71-65(68)59-56-53-50-47-44-42-40-37-29-27-25-23-20-17-14-11-8-5-2/h20,23,27-30,62H,4-19,21-22,24-26,31-61H2,1-3H3/b23-20-,29-27-,30-28-. The third kappa shape index (κ3) is 58.4. The zero-order valence-corrected chi connectivity index (χ0v) is 47.8. The summed E-state index contributed by atoms with van der Waals surface area (Å²) in [7, 11) is 0. The summed E-state index contributed by atoms with van der Waals surface area (Å²) < 4.78 is 16.9. The Morgan fingerprint density at radius 3 is 0.803 bits per heavy atom. The van der Waals surface area contributed by atoms with E-state index in [1.54, 1.807) is 0 Å². The summed E-state index contributed by atoms with van der Waals surface area (Å²) in [6, 6.07) is 0. The molecule has 0 aromatic heterocycles. The number of unbranched alkanes of at least 4 members (excludes halogenated alkanes) is 41. The lowest BCUT2D eigenvalue weighted by molar-refractivity contribution is -0.167. The Labute approximate surface area is 442 Å². The molecule has 0 N–H and O–H groups in total. The smallest absolute Gasteiger partial charge is 0.306 e. The highest BCUT2D eigenvalue weighted by molar-refractivity contribution is 5.71. The summed E-state index contributed by atoms with van der Waals surface area (Å²) in [5, 5.41) is 0. The molecule has 0 fully saturated rings. The SMILES string of the molecule is CCCCCC/C=C\C/C=C\CCCCCCCCCC(=O)OC(COC(=O)CCCCCCCCCCCC)COC(=O)CCCCCCCCCCCCCCC/C=C\CCCCCCCCCC. The van der Waals surface area contributed by atoms with E-state index in [4.69, 9.17) is 14.2 Å². The Balaban J connectivity index is 4.20. The van der Waals surface area contributed by atoms with E-state index in [2.05, 4.69) is 57.2 Å². The molecular weight excluding hydrogens is 877 g/mol. The third-order valence-electron chi connectivity index (χ3n) is 14.1. The van der Waals surface area contributed by atoms with Crippen LogP contribution in [-0.2, 0) is 28.6 Å². The van der Waals surface area contributed by atoms with Gasteiger partial charge in [-0.2, -0.15) is 0 Å². The molecular formula is C65H120O6. The van der Waals surface area contributed by atoms with Gasteiger partial charge in [0.2, 0.25) is 0 Å². The maximum Gasteiger partial charge on any atom is 0.306 e. The van der Waals surface area contributed by atoms with Crippen molar-refractivity contribution in [1.82, 2.24) is 0 Å². The van der Waals surface area contributed by atoms with Crippen LogP contribution < -0.4 is 0 Å². The third-order valence-corrected chi connectivity index (χ3v) is 14.1. The second kappa shape index (κ2) is 60.2. The van der Waals surface area contributed by atoms with Gasteiger partial charge in [0.15, 0.2) is 6.10 Å². The van der Waals surface area contributed by atoms with Gasteiger partial charge in [0.1, 0.15) is 13.2 Å². The highest BCUT2D eigenvalue weighted by Crippen LogP contribution is 2.17. The highest BCUT2D eigenvalue weighted by Gasteiger charge is 2.19. The van der Waals surface area contributed by atoms with Crippen LogP contribution in [-0.4, -0.2) is 37.2 Å². The van der Waals surface area contributed by atoms with Gasteiger partial charge in [0, 0.05) is 19.3 Å². The molecule has 1 atom stereocenters. The molecule has 0 spiro atoms. The molecule has 0 saturated carbocycles. The van der Waals surface area contributed by atoms with Crippen LogP contribution in [0.1, 0.15) is 342 Å². The number of ether oxygens (including phenoxy) is 3. The lowest BCUT2D eigenvalue weighted by atomic mass is 10.0. The molecule has 6 heteroatoms. The second-order valence-corrected chi connectivity index (χ2v) is 21.3. The van der Waals surface area contributed by atoms with Crippen molar-refractivity contribution in [3.8, 4) is 0 Å². The van der Waals surface area contributed by atoms with Gasteiger partial charge in [0.05, 0.1) is 0 Å². The quantitative estimate of drug-likeness (QED) is 0.0261. The van der Waals surface area contributed by atoms with Gasteiger partial charge in [-0.05, 0) is 77.0 Å². The molecule has 0 aliphatic carbocycles. The first kappa shape index (κ1) is 68.6. The molecule has 1 unspecified atom stereocenters. The topological polar surface area (TPSA) is 78.9 Å². The fourth-order valence-electron chi connectivity index (χ4n) is 9.35. The van der Waals surface area contributed by atoms with Crippen LogP contribution >= 0.6 is 0 Å². The van der Waals surface area contributed by atoms with Crippen molar-refractivity contribution in [2.24, 2.45) is 0 Å². The zero-order valence-electron chi connectivity index (χ0n) is 47.8. The number of hydrogen-bond acceptors (Lipinski definition) is 6. The second-order valence-electron chi connectivity index (χ2n) is 21.3. The summed E-state index contributed by atoms with van der Waals surface area (Å²) in [4.78, 5) is 38.2. The van der Waals surface area contributed by atoms with E-state index >= 15 is 0 Å². The number of carbonyl (C=O) groups excluding carboxylic acids is 3. The van der Waals surface area contributed by atoms with Crippen LogP contribution in [0.3, 0.4) is 0 Å². The summed E-state index contributed by atoms with van der Waals surface area (Å²) in [5.74, 6) is -0.861. The highest BCUT2D eigenvalue weighted by atomic mass is 16.6. The Hall–Kier alpha value is -2.37. The van der Waals surface area contributed by atoms with Crippen LogP contribution in [0.2, 0.25) is 0 Å². The monoisotopic (exact) mass is 997 g/mol. The average molecular weight is 998 g/mol. The molecule has 0 bridgehead atoms. The average Bonchev–Trinajstić information content (AvgIpc) is 3.37. The van der Waals surface area contributed by atoms with Crippen molar-refractivity contribution in [2.45, 2.75) is 348 Å². The zero-order chi connectivity index (χ0) is 51.4. The first-order valence-electron chi connectivity index (χ1n) is 31.5. The van der Waals surface area contributed by atoms with Crippen LogP contribution in [0.4, 0.5) is 0 Å². The summed E-state index contributed by atoms with van der Waals surface area (Å²) >= 11 is 0. The van der Waals surface area contributed by atoms with Crippen molar-refractivity contribution in [2.75, 3.05) is 13.2 Å². The maximum atomic E-state index is 12.9. The van der Waals surface area contributed by atoms with Crippen LogP contribution in [0.25, 0.3) is 0 Å². The van der Waals surface area contributed by atoms with E-state index in [1.165, 1.54) is 231 Å². The minimum Gasteiger partial charge on any atom is -0.462 e. The van der Waals surface area contributed by atoms with Crippen molar-refractivity contribution in [1.29, 1.82) is 0 Å². The minimum atomic E-state index is -0.773. The largest absolute Gasteiger partial charge is 0.462 e. The Morgan fingerprint density at radius 1 is 0.282 bits per heavy atom. The minimum absolute atomic E-state index is 0.0715. The van der Waals surface area contributed by atoms with Crippen molar-refractivity contribution < 1.29 is 28.6 Å². The predicted octanol–water partition coefficient (Wildman–Crippen LogP) is 21.2.